The van der Waals surface area contributed by atoms with E-state index in [4.69, 9.17) is 49.8 Å². The molecule has 0 saturated carbocycles. The van der Waals surface area contributed by atoms with Crippen LogP contribution >= 0.6 is 0 Å². The molecule has 0 aliphatic carbocycles. The zero-order chi connectivity index (χ0) is 78.0. The van der Waals surface area contributed by atoms with Crippen LogP contribution in [0.2, 0.25) is 0 Å². The molecule has 0 radical (unpaired) electrons. The lowest BCUT2D eigenvalue weighted by molar-refractivity contribution is 1.18. The van der Waals surface area contributed by atoms with Gasteiger partial charge in [-0.25, -0.2) is 39.9 Å². The van der Waals surface area contributed by atoms with Crippen molar-refractivity contribution in [3.05, 3.63) is 389 Å². The molecule has 0 spiro atoms. The topological polar surface area (TPSA) is 155 Å². The van der Waals surface area contributed by atoms with E-state index in [1.165, 1.54) is 0 Å². The van der Waals surface area contributed by atoms with Crippen LogP contribution < -0.4 is 0 Å². The molecule has 0 aliphatic heterocycles. The highest BCUT2D eigenvalue weighted by molar-refractivity contribution is 6.12. The number of nitrogens with zero attached hydrogens (tertiary/aromatic N) is 12. The first kappa shape index (κ1) is 68.6. The number of hydrogen-bond donors (Lipinski definition) is 0. The van der Waals surface area contributed by atoms with E-state index in [0.29, 0.717) is 5.82 Å². The summed E-state index contributed by atoms with van der Waals surface area (Å²) in [6.07, 6.45) is 7.27. The molecule has 118 heavy (non-hydrogen) atoms. The second kappa shape index (κ2) is 29.1. The van der Waals surface area contributed by atoms with E-state index in [0.717, 1.165) is 227 Å². The highest BCUT2D eigenvalue weighted by atomic mass is 14.9. The Morgan fingerprint density at radius 3 is 0.949 bits per heavy atom. The molecule has 12 aromatic carbocycles. The van der Waals surface area contributed by atoms with Gasteiger partial charge in [0.1, 0.15) is 0 Å². The smallest absolute Gasteiger partial charge is 0.160 e. The number of pyridine rings is 10. The molecule has 0 saturated heterocycles. The summed E-state index contributed by atoms with van der Waals surface area (Å²) < 4.78 is 0. The maximum atomic E-state index is 5.22. The molecule has 0 aliphatic rings. The first-order valence-corrected chi connectivity index (χ1v) is 39.3. The van der Waals surface area contributed by atoms with Crippen molar-refractivity contribution in [1.29, 1.82) is 0 Å². The fourth-order valence-corrected chi connectivity index (χ4v) is 16.2. The largest absolute Gasteiger partial charge is 0.254 e. The maximum Gasteiger partial charge on any atom is 0.160 e. The molecule has 0 amide bonds. The van der Waals surface area contributed by atoms with Gasteiger partial charge < -0.3 is 0 Å². The molecular weight excluding hydrogens is 1440 g/mol. The Morgan fingerprint density at radius 1 is 0.144 bits per heavy atom. The van der Waals surface area contributed by atoms with E-state index >= 15 is 0 Å². The molecule has 0 N–H and O–H groups in total. The molecule has 0 unspecified atom stereocenters. The Labute approximate surface area is 677 Å². The lowest BCUT2D eigenvalue weighted by Gasteiger charge is -2.11. The third kappa shape index (κ3) is 12.9. The number of fused-ring (bicyclic) bond motifs is 13. The summed E-state index contributed by atoms with van der Waals surface area (Å²) in [6, 6.07) is 126. The first-order valence-electron chi connectivity index (χ1n) is 39.3. The average molecular weight is 1510 g/mol. The van der Waals surface area contributed by atoms with Gasteiger partial charge in [-0.05, 0) is 131 Å². The van der Waals surface area contributed by atoms with Crippen LogP contribution in [-0.2, 0) is 0 Å². The Morgan fingerprint density at radius 2 is 0.458 bits per heavy atom. The third-order valence-corrected chi connectivity index (χ3v) is 22.3. The molecule has 0 fully saturated rings. The number of rotatable bonds is 11. The van der Waals surface area contributed by atoms with E-state index in [9.17, 15) is 0 Å². The summed E-state index contributed by atoms with van der Waals surface area (Å²) in [7, 11) is 0. The molecule has 23 rings (SSSR count). The molecule has 0 bridgehead atoms. The summed E-state index contributed by atoms with van der Waals surface area (Å²) in [4.78, 5) is 59.7. The fraction of sp³-hybridized carbons (Fsp3) is 0. The molecule has 11 heterocycles. The lowest BCUT2D eigenvalue weighted by atomic mass is 9.99. The fourth-order valence-electron chi connectivity index (χ4n) is 16.2. The summed E-state index contributed by atoms with van der Waals surface area (Å²) in [5.74, 6) is 0.703. The summed E-state index contributed by atoms with van der Waals surface area (Å²) in [5.41, 5.74) is 29.9. The van der Waals surface area contributed by atoms with Crippen molar-refractivity contribution in [3.63, 3.8) is 0 Å². The van der Waals surface area contributed by atoms with E-state index in [1.54, 1.807) is 0 Å². The van der Waals surface area contributed by atoms with Crippen molar-refractivity contribution in [2.24, 2.45) is 0 Å². The van der Waals surface area contributed by atoms with Gasteiger partial charge in [-0.1, -0.05) is 255 Å². The van der Waals surface area contributed by atoms with E-state index < -0.39 is 0 Å². The summed E-state index contributed by atoms with van der Waals surface area (Å²) in [5, 5.41) is 10.6. The van der Waals surface area contributed by atoms with Crippen LogP contribution in [0.4, 0.5) is 0 Å². The predicted octanol–water partition coefficient (Wildman–Crippen LogP) is 26.0. The monoisotopic (exact) mass is 1500 g/mol. The zero-order valence-electron chi connectivity index (χ0n) is 63.3. The van der Waals surface area contributed by atoms with E-state index in [-0.39, 0.29) is 0 Å². The van der Waals surface area contributed by atoms with Crippen LogP contribution in [0.3, 0.4) is 0 Å². The number of hydrogen-bond acceptors (Lipinski definition) is 12. The van der Waals surface area contributed by atoms with Crippen LogP contribution in [0, 0.1) is 0 Å². The molecule has 0 atom stereocenters. The number of benzene rings is 12. The van der Waals surface area contributed by atoms with Crippen LogP contribution in [0.1, 0.15) is 0 Å². The third-order valence-electron chi connectivity index (χ3n) is 22.3. The normalized spacial score (nSPS) is 11.6. The van der Waals surface area contributed by atoms with Gasteiger partial charge >= 0.3 is 0 Å². The van der Waals surface area contributed by atoms with Crippen molar-refractivity contribution in [1.82, 2.24) is 59.8 Å². The minimum absolute atomic E-state index is 0.703. The molecule has 23 aromatic rings. The minimum atomic E-state index is 0.703. The SMILES string of the molecule is c1ccc(-c2cc(-c3ccc(-c4ccc5ccc(-c6ccc7ccc(-c8cc9cccnc9c9ncccc89)nc7c6)nc5c4)cc3)nc(-c3ccccc3)n2)cc1.c1ccc(-c2ccc3ccc4ccc(-c5cccc(-c6ccc7ccc(-c8ccc9ccc(-c%10cc%11cccnc%11c%11ncccc%10%11)nc9c8)nc7c6)c5)nc4c3n2)cc1. The highest BCUT2D eigenvalue weighted by Crippen LogP contribution is 2.40. The van der Waals surface area contributed by atoms with Gasteiger partial charge in [0.15, 0.2) is 5.82 Å². The van der Waals surface area contributed by atoms with Gasteiger partial charge in [-0.2, -0.15) is 0 Å². The van der Waals surface area contributed by atoms with Gasteiger partial charge in [0.2, 0.25) is 0 Å². The van der Waals surface area contributed by atoms with E-state index in [2.05, 4.69) is 283 Å². The van der Waals surface area contributed by atoms with Gasteiger partial charge in [-0.3, -0.25) is 19.9 Å². The Hall–Kier alpha value is -16.2. The second-order valence-corrected chi connectivity index (χ2v) is 29.5. The molecule has 548 valence electrons. The van der Waals surface area contributed by atoms with Crippen molar-refractivity contribution >= 4 is 109 Å². The van der Waals surface area contributed by atoms with Crippen LogP contribution in [0.5, 0.6) is 0 Å². The maximum absolute atomic E-state index is 5.22. The summed E-state index contributed by atoms with van der Waals surface area (Å²) >= 11 is 0. The van der Waals surface area contributed by atoms with Crippen LogP contribution in [0.25, 0.3) is 233 Å². The predicted molar refractivity (Wildman–Crippen MR) is 481 cm³/mol. The zero-order valence-corrected chi connectivity index (χ0v) is 63.3. The first-order chi connectivity index (χ1) is 58.4. The van der Waals surface area contributed by atoms with Crippen molar-refractivity contribution < 1.29 is 0 Å². The molecule has 12 heteroatoms. The van der Waals surface area contributed by atoms with Gasteiger partial charge in [0.25, 0.3) is 0 Å². The Balaban J connectivity index is 0.000000142. The summed E-state index contributed by atoms with van der Waals surface area (Å²) in [6.45, 7) is 0. The van der Waals surface area contributed by atoms with Crippen molar-refractivity contribution in [2.75, 3.05) is 0 Å². The van der Waals surface area contributed by atoms with Crippen molar-refractivity contribution in [2.45, 2.75) is 0 Å². The lowest BCUT2D eigenvalue weighted by Crippen LogP contribution is -1.95. The minimum Gasteiger partial charge on any atom is -0.254 e. The van der Waals surface area contributed by atoms with Crippen LogP contribution in [0.15, 0.2) is 389 Å². The quantitative estimate of drug-likeness (QED) is 0.113. The van der Waals surface area contributed by atoms with Gasteiger partial charge in [0, 0.05) is 129 Å². The molecule has 12 nitrogen and oxygen atoms in total. The highest BCUT2D eigenvalue weighted by Gasteiger charge is 2.19. The molecule has 11 aromatic heterocycles. The molecular formula is C106H64N12. The average Bonchev–Trinajstić information content (AvgIpc) is 0.768. The Kier molecular flexibility index (Phi) is 16.9. The van der Waals surface area contributed by atoms with Crippen LogP contribution in [-0.4, -0.2) is 59.8 Å². The van der Waals surface area contributed by atoms with E-state index in [1.807, 2.05) is 116 Å². The standard InChI is InChI=1S/C54H32N6.C52H32N6/c1-2-7-33(8-3-1)45-24-21-36-15-16-37-22-25-47(60-53(37)52(36)59-45)40-10-4-9-38(29-40)39-17-13-34-19-23-46(57-49(34)31-39)41-18-14-35-20-26-48(58-50(35)32-41)44-30-42-11-5-27-55-51(42)54-43(44)12-6-28-56-54;1-3-9-34(10-4-1)48-32-49(58-52(57-48)38-11-5-2-6-12-38)35-17-15-33(16-18-35)39-21-19-36-23-25-44(55-46(36)30-39)40-22-20-37-24-26-45(56-47(37)31-40)43-29-41-13-7-27-53-50(41)51-42(43)14-8-28-54-51/h1-32H;1-32H. The second-order valence-electron chi connectivity index (χ2n) is 29.5. The number of aromatic nitrogens is 12. The van der Waals surface area contributed by atoms with Crippen molar-refractivity contribution in [3.8, 4) is 124 Å². The van der Waals surface area contributed by atoms with Gasteiger partial charge in [0.05, 0.1) is 101 Å². The Bertz CT molecular complexity index is 7890. The van der Waals surface area contributed by atoms with Gasteiger partial charge in [-0.15, -0.1) is 0 Å².